The molecule has 14 nitrogen and oxygen atoms in total. The van der Waals surface area contributed by atoms with E-state index in [4.69, 9.17) is 18.9 Å². The van der Waals surface area contributed by atoms with Crippen molar-refractivity contribution in [3.05, 3.63) is 70.6 Å². The van der Waals surface area contributed by atoms with Crippen molar-refractivity contribution in [2.75, 3.05) is 52.4 Å². The molecule has 0 radical (unpaired) electrons. The number of hydrogen-bond donors (Lipinski definition) is 3. The van der Waals surface area contributed by atoms with Gasteiger partial charge in [-0.1, -0.05) is 32.9 Å². The number of aromatic amines is 1. The van der Waals surface area contributed by atoms with Crippen molar-refractivity contribution < 1.29 is 48.3 Å². The fourth-order valence-electron chi connectivity index (χ4n) is 13.7. The first-order chi connectivity index (χ1) is 29.7. The lowest BCUT2D eigenvalue weighted by molar-refractivity contribution is -0.235. The summed E-state index contributed by atoms with van der Waals surface area (Å²) in [6.45, 7) is 9.72. The minimum atomic E-state index is -2.52. The van der Waals surface area contributed by atoms with Gasteiger partial charge in [0.05, 0.1) is 38.7 Å². The quantitative estimate of drug-likeness (QED) is 0.158. The summed E-state index contributed by atoms with van der Waals surface area (Å²) in [6, 6.07) is 8.35. The van der Waals surface area contributed by atoms with Crippen LogP contribution in [0.2, 0.25) is 0 Å². The van der Waals surface area contributed by atoms with Crippen LogP contribution in [0.1, 0.15) is 94.2 Å². The molecular weight excluding hydrogens is 793 g/mol. The molecule has 9 rings (SSSR count). The molecule has 14 heteroatoms. The van der Waals surface area contributed by atoms with E-state index in [2.05, 4.69) is 39.9 Å². The van der Waals surface area contributed by atoms with Crippen molar-refractivity contribution in [2.24, 2.45) is 11.3 Å². The molecule has 3 N–H and O–H groups in total. The van der Waals surface area contributed by atoms with Crippen molar-refractivity contribution in [3.63, 3.8) is 0 Å². The smallest absolute Gasteiger partial charge is 0.344 e. The summed E-state index contributed by atoms with van der Waals surface area (Å²) in [5.41, 5.74) is -1.85. The highest BCUT2D eigenvalue weighted by Crippen LogP contribution is 2.69. The van der Waals surface area contributed by atoms with Gasteiger partial charge in [0.2, 0.25) is 12.0 Å². The fraction of sp³-hybridized carbons (Fsp3) is 0.583. The van der Waals surface area contributed by atoms with Crippen LogP contribution in [0.25, 0.3) is 10.9 Å². The number of fused-ring (bicyclic) bond motifs is 6. The SMILES string of the molecule is CCc1ccc2[nH]c3c(c2c1)CCN1C[C@H](C[C@@](O)(CC)C1)C[C@]3(C(=O)OC)c1cc2c(cc1OC)N(C=O)[C@H]1[C@@](O)(C(=O)OC)[C@H](OC(C)=O)[C@]3(CC)CC=CN4CC[C@]21[C@@H]43. The molecule has 3 fully saturated rings. The summed E-state index contributed by atoms with van der Waals surface area (Å²) < 4.78 is 23.8. The monoisotopic (exact) mass is 852 g/mol. The van der Waals surface area contributed by atoms with E-state index in [1.165, 1.54) is 33.2 Å². The van der Waals surface area contributed by atoms with E-state index in [-0.39, 0.29) is 12.3 Å². The highest BCUT2D eigenvalue weighted by molar-refractivity contribution is 5.96. The van der Waals surface area contributed by atoms with Crippen LogP contribution in [-0.2, 0) is 57.1 Å². The average Bonchev–Trinajstić information content (AvgIpc) is 3.95. The lowest BCUT2D eigenvalue weighted by atomic mass is 9.47. The first-order valence-corrected chi connectivity index (χ1v) is 22.2. The van der Waals surface area contributed by atoms with Crippen LogP contribution < -0.4 is 9.64 Å². The molecule has 5 aliphatic heterocycles. The van der Waals surface area contributed by atoms with Gasteiger partial charge in [0.25, 0.3) is 0 Å². The van der Waals surface area contributed by atoms with Crippen LogP contribution >= 0.6 is 0 Å². The van der Waals surface area contributed by atoms with Gasteiger partial charge in [-0.25, -0.2) is 4.79 Å². The second-order valence-electron chi connectivity index (χ2n) is 18.8. The summed E-state index contributed by atoms with van der Waals surface area (Å²) in [4.78, 5) is 66.4. The van der Waals surface area contributed by atoms with E-state index in [0.717, 1.165) is 28.5 Å². The predicted octanol–water partition coefficient (Wildman–Crippen LogP) is 4.43. The van der Waals surface area contributed by atoms with Gasteiger partial charge in [-0.2, -0.15) is 0 Å². The number of H-pyrrole nitrogens is 1. The molecule has 62 heavy (non-hydrogen) atoms. The normalized spacial score (nSPS) is 35.4. The summed E-state index contributed by atoms with van der Waals surface area (Å²) >= 11 is 0. The number of ether oxygens (including phenoxy) is 4. The zero-order chi connectivity index (χ0) is 44.1. The number of methoxy groups -OCH3 is 3. The maximum Gasteiger partial charge on any atom is 0.344 e. The van der Waals surface area contributed by atoms with E-state index in [1.54, 1.807) is 6.07 Å². The number of esters is 3. The average molecular weight is 853 g/mol. The highest BCUT2D eigenvalue weighted by atomic mass is 16.6. The zero-order valence-electron chi connectivity index (χ0n) is 36.9. The summed E-state index contributed by atoms with van der Waals surface area (Å²) in [6.07, 6.45) is 7.16. The molecule has 6 heterocycles. The number of rotatable bonds is 9. The number of allylic oxidation sites excluding steroid dienone is 1. The van der Waals surface area contributed by atoms with Gasteiger partial charge < -0.3 is 43.9 Å². The predicted molar refractivity (Wildman–Crippen MR) is 230 cm³/mol. The van der Waals surface area contributed by atoms with Gasteiger partial charge in [0.1, 0.15) is 11.2 Å². The summed E-state index contributed by atoms with van der Waals surface area (Å²) in [5.74, 6) is -2.04. The molecule has 2 saturated heterocycles. The molecule has 1 saturated carbocycles. The third kappa shape index (κ3) is 5.50. The Balaban J connectivity index is 1.38. The molecule has 2 aromatic carbocycles. The van der Waals surface area contributed by atoms with Gasteiger partial charge in [-0.05, 0) is 98.4 Å². The molecule has 1 spiro atoms. The van der Waals surface area contributed by atoms with E-state index < -0.39 is 63.5 Å². The van der Waals surface area contributed by atoms with Crippen molar-refractivity contribution in [1.29, 1.82) is 0 Å². The fourth-order valence-corrected chi connectivity index (χ4v) is 13.7. The first kappa shape index (κ1) is 42.4. The van der Waals surface area contributed by atoms with Gasteiger partial charge in [0, 0.05) is 78.2 Å². The number of anilines is 1. The van der Waals surface area contributed by atoms with Crippen LogP contribution in [0, 0.1) is 11.3 Å². The Morgan fingerprint density at radius 2 is 1.73 bits per heavy atom. The number of nitrogens with zero attached hydrogens (tertiary/aromatic N) is 3. The van der Waals surface area contributed by atoms with Crippen molar-refractivity contribution >= 4 is 40.9 Å². The molecule has 1 unspecified atom stereocenters. The minimum Gasteiger partial charge on any atom is -0.496 e. The number of aromatic nitrogens is 1. The number of benzene rings is 2. The third-order valence-electron chi connectivity index (χ3n) is 16.1. The number of aryl methyl sites for hydroxylation is 1. The number of carbonyl (C=O) groups excluding carboxylic acids is 4. The lowest BCUT2D eigenvalue weighted by Gasteiger charge is -2.63. The Labute approximate surface area is 362 Å². The van der Waals surface area contributed by atoms with E-state index in [1.807, 2.05) is 32.2 Å². The first-order valence-electron chi connectivity index (χ1n) is 22.2. The van der Waals surface area contributed by atoms with Crippen LogP contribution in [0.15, 0.2) is 42.6 Å². The number of piperidine rings is 1. The van der Waals surface area contributed by atoms with Crippen LogP contribution in [0.3, 0.4) is 0 Å². The third-order valence-corrected chi connectivity index (χ3v) is 16.1. The Bertz CT molecular complexity index is 2380. The molecule has 1 aromatic heterocycles. The summed E-state index contributed by atoms with van der Waals surface area (Å²) in [7, 11) is 4.11. The molecular formula is C48H60N4O10. The van der Waals surface area contributed by atoms with E-state index in [9.17, 15) is 24.6 Å². The lowest BCUT2D eigenvalue weighted by Crippen LogP contribution is -2.81. The highest BCUT2D eigenvalue weighted by Gasteiger charge is 2.81. The molecule has 6 aliphatic rings. The number of nitrogens with one attached hydrogen (secondary N) is 1. The Hall–Kier alpha value is -4.92. The Morgan fingerprint density at radius 3 is 2.39 bits per heavy atom. The van der Waals surface area contributed by atoms with Gasteiger partial charge >= 0.3 is 17.9 Å². The minimum absolute atomic E-state index is 0.159. The largest absolute Gasteiger partial charge is 0.496 e. The van der Waals surface area contributed by atoms with Crippen molar-refractivity contribution in [1.82, 2.24) is 14.8 Å². The zero-order valence-corrected chi connectivity index (χ0v) is 36.9. The maximum atomic E-state index is 15.4. The number of amides is 1. The van der Waals surface area contributed by atoms with E-state index >= 15 is 4.79 Å². The van der Waals surface area contributed by atoms with Crippen molar-refractivity contribution in [2.45, 2.75) is 119 Å². The van der Waals surface area contributed by atoms with Gasteiger partial charge in [-0.15, -0.1) is 0 Å². The van der Waals surface area contributed by atoms with Gasteiger partial charge in [-0.3, -0.25) is 19.3 Å². The number of aliphatic hydroxyl groups is 2. The molecule has 332 valence electrons. The summed E-state index contributed by atoms with van der Waals surface area (Å²) in [5, 5.41) is 26.4. The maximum absolute atomic E-state index is 15.4. The molecule has 1 aliphatic carbocycles. The van der Waals surface area contributed by atoms with E-state index in [0.29, 0.717) is 99.4 Å². The number of carbonyl (C=O) groups is 4. The van der Waals surface area contributed by atoms with Gasteiger partial charge in [0.15, 0.2) is 6.10 Å². The number of hydrogen-bond acceptors (Lipinski definition) is 12. The van der Waals surface area contributed by atoms with Crippen molar-refractivity contribution in [3.8, 4) is 5.75 Å². The Kier molecular flexibility index (Phi) is 10.1. The second-order valence-corrected chi connectivity index (χ2v) is 18.8. The topological polar surface area (TPSA) is 171 Å². The Morgan fingerprint density at radius 1 is 0.952 bits per heavy atom. The van der Waals surface area contributed by atoms with Crippen LogP contribution in [0.4, 0.5) is 5.69 Å². The standard InChI is InChI=1S/C48H60N4O10/c1-8-29-12-13-35-32(20-29)31-14-18-50-25-30(23-44(57,9-2)26-50)24-47(38(31)49-35,42(55)60-6)34-21-33-36(22-37(34)59-5)52(27-53)40-46(33)16-19-51-17-11-15-45(10-3,39(46)51)41(62-28(4)54)48(40,58)43(56)61-7/h11-13,17,20-22,27,30,39-41,49,57-58H,8-10,14-16,18-19,23-26H2,1-7H3/t30-,39+,40-,41-,44+,45-,46-,47+,48+/m1/s1. The van der Waals surface area contributed by atoms with Crippen LogP contribution in [-0.4, -0.2) is 126 Å². The molecule has 3 aromatic rings. The van der Waals surface area contributed by atoms with Crippen LogP contribution in [0.5, 0.6) is 5.75 Å². The molecule has 1 amide bonds. The molecule has 10 atom stereocenters. The molecule has 2 bridgehead atoms. The second kappa shape index (κ2) is 14.8.